The van der Waals surface area contributed by atoms with E-state index in [1.807, 2.05) is 0 Å². The van der Waals surface area contributed by atoms with Crippen molar-refractivity contribution in [1.29, 1.82) is 0 Å². The Morgan fingerprint density at radius 1 is 0.840 bits per heavy atom. The van der Waals surface area contributed by atoms with Crippen molar-refractivity contribution >= 4 is 5.97 Å². The Labute approximate surface area is 156 Å². The number of carboxylic acids is 1. The van der Waals surface area contributed by atoms with Gasteiger partial charge >= 0.3 is 0 Å². The maximum Gasteiger partial charge on any atom is 0.0581 e. The van der Waals surface area contributed by atoms with E-state index in [1.54, 1.807) is 6.92 Å². The summed E-state index contributed by atoms with van der Waals surface area (Å²) in [7, 11) is 0. The van der Waals surface area contributed by atoms with Crippen LogP contribution in [0.1, 0.15) is 104 Å². The summed E-state index contributed by atoms with van der Waals surface area (Å²) in [6.45, 7) is 4.67. The second-order valence-corrected chi connectivity index (χ2v) is 6.93. The molecule has 0 saturated carbocycles. The highest BCUT2D eigenvalue weighted by molar-refractivity contribution is 5.70. The van der Waals surface area contributed by atoms with E-state index >= 15 is 0 Å². The second-order valence-electron chi connectivity index (χ2n) is 6.93. The molecule has 0 amide bonds. The fraction of sp³-hybridized carbons (Fsp3) is 0.857. The molecule has 0 fully saturated rings. The van der Waals surface area contributed by atoms with Gasteiger partial charge in [-0.05, 0) is 45.6 Å². The van der Waals surface area contributed by atoms with Crippen LogP contribution in [0.2, 0.25) is 0 Å². The van der Waals surface area contributed by atoms with Gasteiger partial charge in [0.25, 0.3) is 0 Å². The van der Waals surface area contributed by atoms with Crippen molar-refractivity contribution in [3.63, 3.8) is 0 Å². The lowest BCUT2D eigenvalue weighted by atomic mass is 10.1. The lowest BCUT2D eigenvalue weighted by Gasteiger charge is -2.14. The van der Waals surface area contributed by atoms with Crippen molar-refractivity contribution < 1.29 is 9.90 Å². The van der Waals surface area contributed by atoms with Crippen molar-refractivity contribution in [2.24, 2.45) is 0 Å². The van der Waals surface area contributed by atoms with E-state index in [9.17, 15) is 9.90 Å². The second kappa shape index (κ2) is 21.2. The maximum absolute atomic E-state index is 10.5. The molecule has 0 aromatic carbocycles. The topological polar surface area (TPSA) is 88.7 Å². The van der Waals surface area contributed by atoms with E-state index in [2.05, 4.69) is 24.4 Å². The molecule has 4 heteroatoms. The average molecular weight is 357 g/mol. The number of quaternary nitrogens is 1. The first-order chi connectivity index (χ1) is 11.7. The van der Waals surface area contributed by atoms with Gasteiger partial charge in [-0.3, -0.25) is 0 Å². The van der Waals surface area contributed by atoms with Crippen molar-refractivity contribution in [2.75, 3.05) is 6.54 Å². The highest BCUT2D eigenvalue weighted by Gasteiger charge is 1.99. The van der Waals surface area contributed by atoms with Gasteiger partial charge in [0.1, 0.15) is 0 Å². The van der Waals surface area contributed by atoms with Gasteiger partial charge in [0.05, 0.1) is 5.97 Å². The Kier molecular flexibility index (Phi) is 22.3. The van der Waals surface area contributed by atoms with E-state index in [4.69, 9.17) is 0 Å². The van der Waals surface area contributed by atoms with Crippen LogP contribution < -0.4 is 16.6 Å². The Balaban J connectivity index is 0. The molecule has 0 bridgehead atoms. The maximum atomic E-state index is 10.5. The zero-order valence-electron chi connectivity index (χ0n) is 17.2. The minimum atomic E-state index is -1.01. The SMILES string of the molecule is CCCCCCCC/C=C\CCCCCCCCNC(C)C(=O)[O-].[NH4+]. The summed E-state index contributed by atoms with van der Waals surface area (Å²) in [5, 5.41) is 13.5. The van der Waals surface area contributed by atoms with Gasteiger partial charge in [-0.25, -0.2) is 0 Å². The molecule has 0 aliphatic rings. The lowest BCUT2D eigenvalue weighted by molar-refractivity contribution is -0.307. The summed E-state index contributed by atoms with van der Waals surface area (Å²) in [5.74, 6) is -1.01. The predicted octanol–water partition coefficient (Wildman–Crippen LogP) is 5.13. The number of carboxylic acid groups (broad SMARTS) is 1. The van der Waals surface area contributed by atoms with Crippen LogP contribution in [0, 0.1) is 0 Å². The van der Waals surface area contributed by atoms with Gasteiger partial charge in [-0.1, -0.05) is 76.9 Å². The van der Waals surface area contributed by atoms with Gasteiger partial charge in [0, 0.05) is 6.04 Å². The quantitative estimate of drug-likeness (QED) is 0.263. The molecule has 0 rings (SSSR count). The van der Waals surface area contributed by atoms with Crippen molar-refractivity contribution in [3.8, 4) is 0 Å². The first kappa shape index (κ1) is 26.4. The molecule has 4 nitrogen and oxygen atoms in total. The number of nitrogens with one attached hydrogen (secondary N) is 1. The highest BCUT2D eigenvalue weighted by atomic mass is 16.4. The van der Waals surface area contributed by atoms with Crippen LogP contribution >= 0.6 is 0 Å². The van der Waals surface area contributed by atoms with Crippen molar-refractivity contribution in [1.82, 2.24) is 11.5 Å². The molecular weight excluding hydrogens is 312 g/mol. The fourth-order valence-corrected chi connectivity index (χ4v) is 2.77. The van der Waals surface area contributed by atoms with E-state index in [-0.39, 0.29) is 6.15 Å². The third kappa shape index (κ3) is 21.1. The Bertz CT molecular complexity index is 306. The zero-order chi connectivity index (χ0) is 17.9. The first-order valence-electron chi connectivity index (χ1n) is 10.3. The number of allylic oxidation sites excluding steroid dienone is 2. The number of hydrogen-bond acceptors (Lipinski definition) is 3. The van der Waals surface area contributed by atoms with E-state index < -0.39 is 12.0 Å². The minimum absolute atomic E-state index is 0. The van der Waals surface area contributed by atoms with Gasteiger partial charge in [0.15, 0.2) is 0 Å². The van der Waals surface area contributed by atoms with Crippen LogP contribution in [0.15, 0.2) is 12.2 Å². The van der Waals surface area contributed by atoms with Crippen LogP contribution in [0.3, 0.4) is 0 Å². The summed E-state index contributed by atoms with van der Waals surface area (Å²) >= 11 is 0. The monoisotopic (exact) mass is 356 g/mol. The summed E-state index contributed by atoms with van der Waals surface area (Å²) in [4.78, 5) is 10.5. The van der Waals surface area contributed by atoms with Gasteiger partial charge < -0.3 is 21.4 Å². The highest BCUT2D eigenvalue weighted by Crippen LogP contribution is 2.09. The first-order valence-corrected chi connectivity index (χ1v) is 10.3. The average Bonchev–Trinajstić information content (AvgIpc) is 2.57. The molecular formula is C21H44N2O2. The van der Waals surface area contributed by atoms with Gasteiger partial charge in [-0.15, -0.1) is 0 Å². The van der Waals surface area contributed by atoms with Crippen molar-refractivity contribution in [2.45, 2.75) is 110 Å². The van der Waals surface area contributed by atoms with E-state index in [0.717, 1.165) is 13.0 Å². The van der Waals surface area contributed by atoms with Crippen LogP contribution in [-0.4, -0.2) is 18.6 Å². The smallest absolute Gasteiger partial charge is 0.0581 e. The number of rotatable bonds is 18. The van der Waals surface area contributed by atoms with Crippen LogP contribution in [-0.2, 0) is 4.79 Å². The normalized spacial score (nSPS) is 12.2. The minimum Gasteiger partial charge on any atom is -0.548 e. The lowest BCUT2D eigenvalue weighted by Crippen LogP contribution is -2.43. The summed E-state index contributed by atoms with van der Waals surface area (Å²) in [6, 6.07) is -0.534. The number of unbranched alkanes of at least 4 members (excludes halogenated alkanes) is 12. The molecule has 5 N–H and O–H groups in total. The molecule has 0 aromatic rings. The Hall–Kier alpha value is -0.870. The molecule has 0 radical (unpaired) electrons. The zero-order valence-corrected chi connectivity index (χ0v) is 17.2. The number of hydrogen-bond donors (Lipinski definition) is 2. The molecule has 0 heterocycles. The molecule has 0 saturated heterocycles. The summed E-state index contributed by atoms with van der Waals surface area (Å²) in [5.41, 5.74) is 0. The largest absolute Gasteiger partial charge is 0.548 e. The Morgan fingerprint density at radius 3 is 1.76 bits per heavy atom. The standard InChI is InChI=1S/C21H41NO2.H3N/c1-3-4-5-6-7-8-9-10-11-12-13-14-15-16-17-18-19-22-20(2)21(23)24;/h10-11,20,22H,3-9,12-19H2,1-2H3,(H,23,24);1H3/b11-10-;. The van der Waals surface area contributed by atoms with Gasteiger partial charge in [0.2, 0.25) is 0 Å². The predicted molar refractivity (Wildman–Crippen MR) is 108 cm³/mol. The molecule has 1 unspecified atom stereocenters. The number of carbonyl (C=O) groups excluding carboxylic acids is 1. The molecule has 0 aromatic heterocycles. The van der Waals surface area contributed by atoms with Crippen LogP contribution in [0.5, 0.6) is 0 Å². The van der Waals surface area contributed by atoms with Crippen LogP contribution in [0.4, 0.5) is 0 Å². The summed E-state index contributed by atoms with van der Waals surface area (Å²) < 4.78 is 0. The van der Waals surface area contributed by atoms with Gasteiger partial charge in [-0.2, -0.15) is 0 Å². The molecule has 25 heavy (non-hydrogen) atoms. The Morgan fingerprint density at radius 2 is 1.28 bits per heavy atom. The number of carbonyl (C=O) groups is 1. The molecule has 150 valence electrons. The molecule has 1 atom stereocenters. The molecule has 0 aliphatic carbocycles. The molecule has 0 spiro atoms. The van der Waals surface area contributed by atoms with Crippen LogP contribution in [0.25, 0.3) is 0 Å². The fourth-order valence-electron chi connectivity index (χ4n) is 2.77. The number of aliphatic carboxylic acids is 1. The molecule has 0 aliphatic heterocycles. The third-order valence-electron chi connectivity index (χ3n) is 4.49. The van der Waals surface area contributed by atoms with E-state index in [0.29, 0.717) is 0 Å². The van der Waals surface area contributed by atoms with E-state index in [1.165, 1.54) is 83.5 Å². The third-order valence-corrected chi connectivity index (χ3v) is 4.49. The van der Waals surface area contributed by atoms with Crippen molar-refractivity contribution in [3.05, 3.63) is 12.2 Å². The summed E-state index contributed by atoms with van der Waals surface area (Å²) in [6.07, 6.45) is 22.9.